The van der Waals surface area contributed by atoms with E-state index in [9.17, 15) is 9.59 Å². The number of ether oxygens (including phenoxy) is 1. The van der Waals surface area contributed by atoms with Gasteiger partial charge in [0.1, 0.15) is 12.4 Å². The molecule has 1 aliphatic rings. The third kappa shape index (κ3) is 3.31. The molecule has 1 saturated carbocycles. The van der Waals surface area contributed by atoms with Crippen LogP contribution in [0.25, 0.3) is 0 Å². The lowest BCUT2D eigenvalue weighted by molar-refractivity contribution is -0.148. The number of rotatable bonds is 5. The number of carbonyl (C=O) groups excluding carboxylic acids is 2. The zero-order valence-electron chi connectivity index (χ0n) is 11.8. The lowest BCUT2D eigenvalue weighted by atomic mass is 10.1. The summed E-state index contributed by atoms with van der Waals surface area (Å²) in [4.78, 5) is 22.2. The maximum atomic E-state index is 12.0. The van der Waals surface area contributed by atoms with Gasteiger partial charge in [-0.25, -0.2) is 0 Å². The van der Waals surface area contributed by atoms with E-state index in [4.69, 9.17) is 4.74 Å². The van der Waals surface area contributed by atoms with E-state index in [1.54, 1.807) is 13.0 Å². The Morgan fingerprint density at radius 1 is 1.33 bits per heavy atom. The van der Waals surface area contributed by atoms with Crippen LogP contribution in [-0.2, 0) is 14.3 Å². The molecule has 100 valence electrons. The van der Waals surface area contributed by atoms with Gasteiger partial charge in [-0.3, -0.25) is 9.59 Å². The van der Waals surface area contributed by atoms with E-state index in [0.29, 0.717) is 6.29 Å². The number of hydrogen-bond donors (Lipinski definition) is 0. The second-order valence-corrected chi connectivity index (χ2v) is 5.73. The van der Waals surface area contributed by atoms with Gasteiger partial charge in [0.15, 0.2) is 0 Å². The summed E-state index contributed by atoms with van der Waals surface area (Å²) >= 11 is 0. The first-order valence-corrected chi connectivity index (χ1v) is 6.28. The summed E-state index contributed by atoms with van der Waals surface area (Å²) in [5, 5.41) is 0. The van der Waals surface area contributed by atoms with E-state index < -0.39 is 0 Å². The van der Waals surface area contributed by atoms with Gasteiger partial charge in [-0.15, -0.1) is 0 Å². The van der Waals surface area contributed by atoms with Gasteiger partial charge in [-0.2, -0.15) is 0 Å². The summed E-state index contributed by atoms with van der Waals surface area (Å²) in [5.74, 6) is 0.0160. The second-order valence-electron chi connectivity index (χ2n) is 5.73. The highest BCUT2D eigenvalue weighted by atomic mass is 16.5. The van der Waals surface area contributed by atoms with Crippen LogP contribution >= 0.6 is 0 Å². The minimum atomic E-state index is -0.355. The van der Waals surface area contributed by atoms with E-state index in [1.807, 2.05) is 13.8 Å². The Balaban J connectivity index is 2.61. The van der Waals surface area contributed by atoms with Crippen LogP contribution in [0.3, 0.4) is 0 Å². The van der Waals surface area contributed by atoms with E-state index in [1.165, 1.54) is 11.6 Å². The minimum Gasteiger partial charge on any atom is -0.458 e. The maximum Gasteiger partial charge on any atom is 0.310 e. The highest BCUT2D eigenvalue weighted by Crippen LogP contribution is 2.59. The summed E-state index contributed by atoms with van der Waals surface area (Å²) in [6, 6.07) is 0. The van der Waals surface area contributed by atoms with Gasteiger partial charge in [0.25, 0.3) is 0 Å². The molecule has 0 aromatic rings. The van der Waals surface area contributed by atoms with Crippen molar-refractivity contribution in [3.05, 3.63) is 23.8 Å². The molecule has 3 unspecified atom stereocenters. The monoisotopic (exact) mass is 250 g/mol. The van der Waals surface area contributed by atoms with Gasteiger partial charge in [0.05, 0.1) is 5.92 Å². The van der Waals surface area contributed by atoms with Crippen molar-refractivity contribution in [3.63, 3.8) is 0 Å². The lowest BCUT2D eigenvalue weighted by Crippen LogP contribution is -2.16. The molecule has 0 aromatic heterocycles. The SMILES string of the molecule is CC(C)=CC1C(C(=O)OC(C)C=CC=O)C1(C)C. The van der Waals surface area contributed by atoms with Crippen LogP contribution in [-0.4, -0.2) is 18.4 Å². The number of aldehydes is 1. The average Bonchev–Trinajstić information content (AvgIpc) is 2.76. The molecule has 0 saturated heterocycles. The van der Waals surface area contributed by atoms with Crippen molar-refractivity contribution in [2.75, 3.05) is 0 Å². The molecule has 1 fully saturated rings. The molecule has 0 spiro atoms. The molecule has 0 amide bonds. The van der Waals surface area contributed by atoms with Gasteiger partial charge < -0.3 is 4.74 Å². The van der Waals surface area contributed by atoms with Crippen molar-refractivity contribution < 1.29 is 14.3 Å². The number of hydrogen-bond acceptors (Lipinski definition) is 3. The van der Waals surface area contributed by atoms with Crippen LogP contribution < -0.4 is 0 Å². The van der Waals surface area contributed by atoms with Crippen molar-refractivity contribution in [2.45, 2.75) is 40.7 Å². The summed E-state index contributed by atoms with van der Waals surface area (Å²) in [6.07, 6.45) is 5.39. The number of carbonyl (C=O) groups is 2. The summed E-state index contributed by atoms with van der Waals surface area (Å²) in [5.41, 5.74) is 1.19. The first kappa shape index (κ1) is 14.7. The Bertz CT molecular complexity index is 387. The summed E-state index contributed by atoms with van der Waals surface area (Å²) < 4.78 is 5.31. The van der Waals surface area contributed by atoms with Gasteiger partial charge in [-0.05, 0) is 44.3 Å². The average molecular weight is 250 g/mol. The Morgan fingerprint density at radius 3 is 2.44 bits per heavy atom. The van der Waals surface area contributed by atoms with E-state index in [2.05, 4.69) is 19.9 Å². The molecule has 3 atom stereocenters. The van der Waals surface area contributed by atoms with Crippen molar-refractivity contribution in [1.29, 1.82) is 0 Å². The molecule has 0 heterocycles. The normalized spacial score (nSPS) is 26.5. The predicted octanol–water partition coefficient (Wildman–Crippen LogP) is 2.91. The fraction of sp³-hybridized carbons (Fsp3) is 0.600. The van der Waals surface area contributed by atoms with Crippen LogP contribution in [0.4, 0.5) is 0 Å². The summed E-state index contributed by atoms with van der Waals surface area (Å²) in [7, 11) is 0. The van der Waals surface area contributed by atoms with Gasteiger partial charge in [0, 0.05) is 0 Å². The summed E-state index contributed by atoms with van der Waals surface area (Å²) in [6.45, 7) is 9.98. The lowest BCUT2D eigenvalue weighted by Gasteiger charge is -2.09. The Kier molecular flexibility index (Phi) is 4.49. The maximum absolute atomic E-state index is 12.0. The largest absolute Gasteiger partial charge is 0.458 e. The second kappa shape index (κ2) is 5.51. The molecule has 0 aliphatic heterocycles. The first-order valence-electron chi connectivity index (χ1n) is 6.28. The predicted molar refractivity (Wildman–Crippen MR) is 71.0 cm³/mol. The minimum absolute atomic E-state index is 0.0254. The van der Waals surface area contributed by atoms with Crippen molar-refractivity contribution in [2.24, 2.45) is 17.3 Å². The molecule has 18 heavy (non-hydrogen) atoms. The molecule has 3 nitrogen and oxygen atoms in total. The molecular formula is C15H22O3. The number of allylic oxidation sites excluding steroid dienone is 3. The van der Waals surface area contributed by atoms with E-state index in [-0.39, 0.29) is 29.3 Å². The van der Waals surface area contributed by atoms with E-state index >= 15 is 0 Å². The molecule has 1 aliphatic carbocycles. The highest BCUT2D eigenvalue weighted by Gasteiger charge is 2.61. The van der Waals surface area contributed by atoms with Crippen molar-refractivity contribution >= 4 is 12.3 Å². The van der Waals surface area contributed by atoms with Crippen LogP contribution in [0.1, 0.15) is 34.6 Å². The van der Waals surface area contributed by atoms with Crippen LogP contribution in [0.5, 0.6) is 0 Å². The smallest absolute Gasteiger partial charge is 0.310 e. The topological polar surface area (TPSA) is 43.4 Å². The zero-order valence-corrected chi connectivity index (χ0v) is 11.8. The third-order valence-electron chi connectivity index (χ3n) is 3.44. The molecule has 0 N–H and O–H groups in total. The van der Waals surface area contributed by atoms with Crippen molar-refractivity contribution in [3.8, 4) is 0 Å². The molecule has 0 aromatic carbocycles. The van der Waals surface area contributed by atoms with Gasteiger partial charge in [0.2, 0.25) is 0 Å². The first-order chi connectivity index (χ1) is 8.30. The fourth-order valence-electron chi connectivity index (χ4n) is 2.30. The Morgan fingerprint density at radius 2 is 1.94 bits per heavy atom. The zero-order chi connectivity index (χ0) is 13.9. The van der Waals surface area contributed by atoms with Gasteiger partial charge in [-0.1, -0.05) is 25.5 Å². The number of esters is 1. The quantitative estimate of drug-likeness (QED) is 0.326. The molecule has 1 rings (SSSR count). The van der Waals surface area contributed by atoms with Crippen molar-refractivity contribution in [1.82, 2.24) is 0 Å². The van der Waals surface area contributed by atoms with Crippen LogP contribution in [0.2, 0.25) is 0 Å². The fourth-order valence-corrected chi connectivity index (χ4v) is 2.30. The molecule has 3 heteroatoms. The van der Waals surface area contributed by atoms with Gasteiger partial charge >= 0.3 is 5.97 Å². The molecular weight excluding hydrogens is 228 g/mol. The van der Waals surface area contributed by atoms with Crippen LogP contribution in [0, 0.1) is 17.3 Å². The molecule has 0 radical (unpaired) electrons. The Labute approximate surface area is 109 Å². The standard InChI is InChI=1S/C15H22O3/c1-10(2)9-12-13(15(12,4)5)14(17)18-11(3)7-6-8-16/h6-9,11-13H,1-5H3. The third-order valence-corrected chi connectivity index (χ3v) is 3.44. The Hall–Kier alpha value is -1.38. The van der Waals surface area contributed by atoms with E-state index in [0.717, 1.165) is 0 Å². The highest BCUT2D eigenvalue weighted by molar-refractivity contribution is 5.78. The van der Waals surface area contributed by atoms with Crippen LogP contribution in [0.15, 0.2) is 23.8 Å². The molecule has 0 bridgehead atoms.